The van der Waals surface area contributed by atoms with Crippen molar-refractivity contribution in [3.63, 3.8) is 0 Å². The van der Waals surface area contributed by atoms with E-state index in [0.717, 1.165) is 50.5 Å². The van der Waals surface area contributed by atoms with E-state index in [9.17, 15) is 4.79 Å². The van der Waals surface area contributed by atoms with Crippen LogP contribution in [0, 0.1) is 0 Å². The summed E-state index contributed by atoms with van der Waals surface area (Å²) in [5, 5.41) is 11.6. The van der Waals surface area contributed by atoms with Gasteiger partial charge in [-0.1, -0.05) is 0 Å². The summed E-state index contributed by atoms with van der Waals surface area (Å²) in [6, 6.07) is 0.228. The minimum atomic E-state index is 0.0471. The van der Waals surface area contributed by atoms with Crippen LogP contribution in [-0.2, 0) is 13.0 Å². The molecule has 1 aromatic rings. The van der Waals surface area contributed by atoms with E-state index < -0.39 is 0 Å². The number of hydrogen-bond donors (Lipinski definition) is 1. The molecule has 20 heavy (non-hydrogen) atoms. The van der Waals surface area contributed by atoms with E-state index in [4.69, 9.17) is 0 Å². The summed E-state index contributed by atoms with van der Waals surface area (Å²) in [5.41, 5.74) is 0. The van der Waals surface area contributed by atoms with Gasteiger partial charge in [0, 0.05) is 38.0 Å². The summed E-state index contributed by atoms with van der Waals surface area (Å²) in [7, 11) is 0. The Hall–Kier alpha value is -1.59. The molecule has 1 unspecified atom stereocenters. The summed E-state index contributed by atoms with van der Waals surface area (Å²) >= 11 is 0. The summed E-state index contributed by atoms with van der Waals surface area (Å²) < 4.78 is 2.26. The van der Waals surface area contributed by atoms with Gasteiger partial charge in [-0.05, 0) is 33.1 Å². The summed E-state index contributed by atoms with van der Waals surface area (Å²) in [6.45, 7) is 6.62. The number of amides is 2. The van der Waals surface area contributed by atoms with Crippen LogP contribution in [0.15, 0.2) is 0 Å². The molecule has 0 spiro atoms. The molecular formula is C14H23N5O. The van der Waals surface area contributed by atoms with E-state index in [1.165, 1.54) is 6.42 Å². The summed E-state index contributed by atoms with van der Waals surface area (Å²) in [6.07, 6.45) is 4.35. The monoisotopic (exact) mass is 277 g/mol. The quantitative estimate of drug-likeness (QED) is 0.891. The zero-order chi connectivity index (χ0) is 14.1. The zero-order valence-corrected chi connectivity index (χ0v) is 12.3. The van der Waals surface area contributed by atoms with E-state index in [0.29, 0.717) is 5.92 Å². The molecular weight excluding hydrogens is 254 g/mol. The number of urea groups is 1. The smallest absolute Gasteiger partial charge is 0.317 e. The van der Waals surface area contributed by atoms with E-state index in [1.54, 1.807) is 0 Å². The second kappa shape index (κ2) is 5.42. The number of nitrogens with zero attached hydrogens (tertiary/aromatic N) is 4. The minimum Gasteiger partial charge on any atom is -0.336 e. The highest BCUT2D eigenvalue weighted by molar-refractivity contribution is 5.74. The molecule has 1 N–H and O–H groups in total. The Labute approximate surface area is 119 Å². The molecule has 1 fully saturated rings. The van der Waals surface area contributed by atoms with Crippen molar-refractivity contribution in [3.8, 4) is 0 Å². The molecule has 3 rings (SSSR count). The first-order valence-electron chi connectivity index (χ1n) is 7.62. The first-order chi connectivity index (χ1) is 9.65. The lowest BCUT2D eigenvalue weighted by molar-refractivity contribution is 0.175. The maximum atomic E-state index is 12.1. The van der Waals surface area contributed by atoms with Crippen molar-refractivity contribution >= 4 is 6.03 Å². The second-order valence-corrected chi connectivity index (χ2v) is 6.12. The van der Waals surface area contributed by atoms with Crippen LogP contribution in [0.3, 0.4) is 0 Å². The number of aromatic nitrogens is 3. The van der Waals surface area contributed by atoms with Gasteiger partial charge in [-0.15, -0.1) is 10.2 Å². The van der Waals surface area contributed by atoms with Gasteiger partial charge in [-0.2, -0.15) is 0 Å². The summed E-state index contributed by atoms with van der Waals surface area (Å²) in [5.74, 6) is 2.53. The van der Waals surface area contributed by atoms with Crippen LogP contribution in [0.1, 0.15) is 50.7 Å². The van der Waals surface area contributed by atoms with Crippen LogP contribution >= 0.6 is 0 Å². The molecule has 2 aliphatic rings. The molecule has 2 aliphatic heterocycles. The maximum Gasteiger partial charge on any atom is 0.317 e. The molecule has 1 saturated heterocycles. The van der Waals surface area contributed by atoms with Gasteiger partial charge < -0.3 is 14.8 Å². The fourth-order valence-corrected chi connectivity index (χ4v) is 3.19. The molecule has 1 atom stereocenters. The van der Waals surface area contributed by atoms with Crippen LogP contribution in [0.5, 0.6) is 0 Å². The van der Waals surface area contributed by atoms with E-state index in [1.807, 2.05) is 18.7 Å². The van der Waals surface area contributed by atoms with Crippen molar-refractivity contribution in [2.75, 3.05) is 13.1 Å². The maximum absolute atomic E-state index is 12.1. The van der Waals surface area contributed by atoms with Crippen molar-refractivity contribution in [1.29, 1.82) is 0 Å². The van der Waals surface area contributed by atoms with E-state index in [2.05, 4.69) is 20.1 Å². The molecule has 1 aromatic heterocycles. The number of rotatable bonds is 2. The number of nitrogens with one attached hydrogen (secondary N) is 1. The number of hydrogen-bond acceptors (Lipinski definition) is 3. The topological polar surface area (TPSA) is 63.1 Å². The lowest BCUT2D eigenvalue weighted by atomic mass is 9.97. The third-order valence-electron chi connectivity index (χ3n) is 4.12. The Morgan fingerprint density at radius 3 is 2.95 bits per heavy atom. The Morgan fingerprint density at radius 2 is 2.15 bits per heavy atom. The van der Waals surface area contributed by atoms with Crippen molar-refractivity contribution < 1.29 is 4.79 Å². The van der Waals surface area contributed by atoms with Crippen molar-refractivity contribution in [2.24, 2.45) is 0 Å². The number of aryl methyl sites for hydroxylation is 1. The van der Waals surface area contributed by atoms with E-state index in [-0.39, 0.29) is 12.1 Å². The minimum absolute atomic E-state index is 0.0471. The Balaban J connectivity index is 1.70. The van der Waals surface area contributed by atoms with Crippen LogP contribution in [-0.4, -0.2) is 44.8 Å². The highest BCUT2D eigenvalue weighted by Gasteiger charge is 2.30. The van der Waals surface area contributed by atoms with Crippen molar-refractivity contribution in [3.05, 3.63) is 11.6 Å². The average Bonchev–Trinajstić information content (AvgIpc) is 3.00. The van der Waals surface area contributed by atoms with Crippen LogP contribution in [0.4, 0.5) is 4.79 Å². The molecule has 0 saturated carbocycles. The van der Waals surface area contributed by atoms with Gasteiger partial charge in [0.25, 0.3) is 0 Å². The Bertz CT molecular complexity index is 496. The fraction of sp³-hybridized carbons (Fsp3) is 0.786. The molecule has 2 amide bonds. The second-order valence-electron chi connectivity index (χ2n) is 6.12. The first kappa shape index (κ1) is 13.4. The first-order valence-corrected chi connectivity index (χ1v) is 7.62. The lowest BCUT2D eigenvalue weighted by Crippen LogP contribution is -2.47. The normalized spacial score (nSPS) is 22.1. The molecule has 3 heterocycles. The lowest BCUT2D eigenvalue weighted by Gasteiger charge is -2.32. The van der Waals surface area contributed by atoms with E-state index >= 15 is 0 Å². The Kier molecular flexibility index (Phi) is 3.63. The van der Waals surface area contributed by atoms with Gasteiger partial charge in [0.05, 0.1) is 0 Å². The number of likely N-dealkylation sites (tertiary alicyclic amines) is 1. The molecule has 110 valence electrons. The number of fused-ring (bicyclic) bond motifs is 1. The molecule has 0 radical (unpaired) electrons. The third kappa shape index (κ3) is 2.51. The molecule has 0 bridgehead atoms. The predicted octanol–water partition coefficient (Wildman–Crippen LogP) is 1.52. The summed E-state index contributed by atoms with van der Waals surface area (Å²) in [4.78, 5) is 14.1. The highest BCUT2D eigenvalue weighted by atomic mass is 16.2. The van der Waals surface area contributed by atoms with Gasteiger partial charge in [0.1, 0.15) is 11.6 Å². The number of carbonyl (C=O) groups excluding carboxylic acids is 1. The SMILES string of the molecule is CC(C)NC(=O)N1CCCC(c2nnc3n2CCC3)C1. The standard InChI is InChI=1S/C14H23N5O/c1-10(2)15-14(20)18-7-3-5-11(9-18)13-17-16-12-6-4-8-19(12)13/h10-11H,3-9H2,1-2H3,(H,15,20). The van der Waals surface area contributed by atoms with Gasteiger partial charge in [0.2, 0.25) is 0 Å². The van der Waals surface area contributed by atoms with Crippen LogP contribution < -0.4 is 5.32 Å². The highest BCUT2D eigenvalue weighted by Crippen LogP contribution is 2.28. The van der Waals surface area contributed by atoms with Crippen molar-refractivity contribution in [2.45, 2.75) is 58.0 Å². The number of carbonyl (C=O) groups is 1. The fourth-order valence-electron chi connectivity index (χ4n) is 3.19. The van der Waals surface area contributed by atoms with Gasteiger partial charge >= 0.3 is 6.03 Å². The largest absolute Gasteiger partial charge is 0.336 e. The number of piperidine rings is 1. The molecule has 0 aromatic carbocycles. The van der Waals surface area contributed by atoms with Gasteiger partial charge in [0.15, 0.2) is 0 Å². The molecule has 0 aliphatic carbocycles. The van der Waals surface area contributed by atoms with Gasteiger partial charge in [-0.25, -0.2) is 4.79 Å². The average molecular weight is 277 g/mol. The molecule has 6 nitrogen and oxygen atoms in total. The Morgan fingerprint density at radius 1 is 1.30 bits per heavy atom. The zero-order valence-electron chi connectivity index (χ0n) is 12.3. The predicted molar refractivity (Wildman–Crippen MR) is 75.6 cm³/mol. The van der Waals surface area contributed by atoms with Crippen LogP contribution in [0.2, 0.25) is 0 Å². The van der Waals surface area contributed by atoms with Crippen molar-refractivity contribution in [1.82, 2.24) is 25.0 Å². The van der Waals surface area contributed by atoms with Gasteiger partial charge in [-0.3, -0.25) is 0 Å². The third-order valence-corrected chi connectivity index (χ3v) is 4.12. The van der Waals surface area contributed by atoms with Crippen LogP contribution in [0.25, 0.3) is 0 Å². The molecule has 6 heteroatoms.